The minimum atomic E-state index is -3.46. The summed E-state index contributed by atoms with van der Waals surface area (Å²) in [6.45, 7) is 4.54. The van der Waals surface area contributed by atoms with Crippen molar-refractivity contribution < 1.29 is 18.7 Å². The van der Waals surface area contributed by atoms with Crippen molar-refractivity contribution in [1.29, 1.82) is 0 Å². The van der Waals surface area contributed by atoms with Crippen molar-refractivity contribution in [2.24, 2.45) is 5.92 Å². The number of piperidine rings is 1. The number of likely N-dealkylation sites (tertiary alicyclic amines) is 1. The Morgan fingerprint density at radius 3 is 2.31 bits per heavy atom. The molecule has 96 valence electrons. The smallest absolute Gasteiger partial charge is 0.361 e. The number of hydrogen-bond acceptors (Lipinski definition) is 5. The zero-order chi connectivity index (χ0) is 12.6. The van der Waals surface area contributed by atoms with Gasteiger partial charge in [-0.15, -0.1) is 0 Å². The van der Waals surface area contributed by atoms with Gasteiger partial charge in [0.2, 0.25) is 0 Å². The van der Waals surface area contributed by atoms with Crippen molar-refractivity contribution in [3.8, 4) is 0 Å². The molecule has 1 fully saturated rings. The first-order chi connectivity index (χ1) is 7.30. The van der Waals surface area contributed by atoms with E-state index >= 15 is 0 Å². The van der Waals surface area contributed by atoms with Crippen molar-refractivity contribution in [2.75, 3.05) is 27.8 Å². The van der Waals surface area contributed by atoms with Gasteiger partial charge >= 0.3 is 7.60 Å². The lowest BCUT2D eigenvalue weighted by Crippen LogP contribution is -2.53. The predicted octanol–water partition coefficient (Wildman–Crippen LogP) is 1.52. The molecule has 1 heterocycles. The summed E-state index contributed by atoms with van der Waals surface area (Å²) < 4.78 is 22.3. The first kappa shape index (κ1) is 14.1. The van der Waals surface area contributed by atoms with Crippen LogP contribution in [0.2, 0.25) is 0 Å². The molecule has 0 aromatic carbocycles. The van der Waals surface area contributed by atoms with E-state index in [1.165, 1.54) is 14.2 Å². The molecule has 0 bridgehead atoms. The van der Waals surface area contributed by atoms with E-state index in [0.717, 1.165) is 0 Å². The Morgan fingerprint density at radius 2 is 1.88 bits per heavy atom. The van der Waals surface area contributed by atoms with Gasteiger partial charge in [-0.05, 0) is 14.0 Å². The maximum absolute atomic E-state index is 12.4. The van der Waals surface area contributed by atoms with Crippen LogP contribution in [0.5, 0.6) is 0 Å². The monoisotopic (exact) mass is 251 g/mol. The van der Waals surface area contributed by atoms with Crippen molar-refractivity contribution in [3.05, 3.63) is 0 Å². The molecular formula is C10H22NO4P. The third-order valence-electron chi connectivity index (χ3n) is 3.65. The second-order valence-corrected chi connectivity index (χ2v) is 7.13. The molecule has 6 heteroatoms. The van der Waals surface area contributed by atoms with Crippen molar-refractivity contribution in [2.45, 2.75) is 31.7 Å². The van der Waals surface area contributed by atoms with E-state index in [4.69, 9.17) is 9.05 Å². The summed E-state index contributed by atoms with van der Waals surface area (Å²) >= 11 is 0. The van der Waals surface area contributed by atoms with Gasteiger partial charge in [0.15, 0.2) is 5.34 Å². The molecule has 0 spiro atoms. The van der Waals surface area contributed by atoms with Gasteiger partial charge in [0, 0.05) is 39.1 Å². The third kappa shape index (κ3) is 2.07. The van der Waals surface area contributed by atoms with Crippen LogP contribution in [0, 0.1) is 5.92 Å². The molecule has 16 heavy (non-hydrogen) atoms. The first-order valence-electron chi connectivity index (χ1n) is 5.45. The van der Waals surface area contributed by atoms with Crippen molar-refractivity contribution >= 4 is 7.60 Å². The Hall–Kier alpha value is 0.0700. The standard InChI is InChI=1S/C10H22NO4P/c1-8-7-11(3)9(2)6-10(8,12)16(13,14-4)15-5/h8-9,12H,6-7H2,1-5H3/t8-,9+,10-/m0/s1. The normalized spacial score (nSPS) is 37.6. The van der Waals surface area contributed by atoms with Crippen molar-refractivity contribution in [1.82, 2.24) is 4.90 Å². The van der Waals surface area contributed by atoms with Gasteiger partial charge in [-0.2, -0.15) is 0 Å². The van der Waals surface area contributed by atoms with Crippen LogP contribution in [0.25, 0.3) is 0 Å². The first-order valence-corrected chi connectivity index (χ1v) is 6.99. The van der Waals surface area contributed by atoms with E-state index < -0.39 is 12.9 Å². The van der Waals surface area contributed by atoms with E-state index in [2.05, 4.69) is 4.90 Å². The molecule has 0 saturated carbocycles. The third-order valence-corrected chi connectivity index (χ3v) is 6.19. The van der Waals surface area contributed by atoms with E-state index in [1.807, 2.05) is 20.9 Å². The summed E-state index contributed by atoms with van der Waals surface area (Å²) in [5.41, 5.74) is 0. The minimum Gasteiger partial charge on any atom is -0.377 e. The lowest BCUT2D eigenvalue weighted by Gasteiger charge is -2.47. The van der Waals surface area contributed by atoms with Gasteiger partial charge in [-0.1, -0.05) is 6.92 Å². The number of rotatable bonds is 3. The zero-order valence-corrected chi connectivity index (χ0v) is 11.5. The average Bonchev–Trinajstić information content (AvgIpc) is 2.25. The minimum absolute atomic E-state index is 0.153. The molecule has 1 rings (SSSR count). The zero-order valence-electron chi connectivity index (χ0n) is 10.6. The summed E-state index contributed by atoms with van der Waals surface area (Å²) in [5, 5.41) is 9.22. The fourth-order valence-corrected chi connectivity index (χ4v) is 4.21. The highest BCUT2D eigenvalue weighted by Crippen LogP contribution is 2.63. The largest absolute Gasteiger partial charge is 0.377 e. The van der Waals surface area contributed by atoms with Crippen LogP contribution in [0.3, 0.4) is 0 Å². The van der Waals surface area contributed by atoms with E-state index in [9.17, 15) is 9.67 Å². The van der Waals surface area contributed by atoms with Crippen LogP contribution in [-0.4, -0.2) is 49.2 Å². The predicted molar refractivity (Wildman–Crippen MR) is 62.4 cm³/mol. The molecule has 0 aliphatic carbocycles. The SMILES string of the molecule is COP(=O)(OC)[C@@]1(O)C[C@@H](C)N(C)C[C@@H]1C. The second kappa shape index (κ2) is 4.75. The van der Waals surface area contributed by atoms with E-state index in [0.29, 0.717) is 13.0 Å². The molecular weight excluding hydrogens is 229 g/mol. The molecule has 0 aromatic heterocycles. The number of nitrogens with zero attached hydrogens (tertiary/aromatic N) is 1. The highest BCUT2D eigenvalue weighted by Gasteiger charge is 2.55. The topological polar surface area (TPSA) is 59.0 Å². The van der Waals surface area contributed by atoms with Gasteiger partial charge in [-0.25, -0.2) is 0 Å². The van der Waals surface area contributed by atoms with Crippen LogP contribution in [0.1, 0.15) is 20.3 Å². The fourth-order valence-electron chi connectivity index (χ4n) is 2.32. The molecule has 0 unspecified atom stereocenters. The lowest BCUT2D eigenvalue weighted by molar-refractivity contribution is -0.0376. The van der Waals surface area contributed by atoms with Crippen LogP contribution in [0.4, 0.5) is 0 Å². The molecule has 3 atom stereocenters. The maximum Gasteiger partial charge on any atom is 0.361 e. The highest BCUT2D eigenvalue weighted by atomic mass is 31.2. The fraction of sp³-hybridized carbons (Fsp3) is 1.00. The summed E-state index contributed by atoms with van der Waals surface area (Å²) in [7, 11) is 1.17. The molecule has 5 nitrogen and oxygen atoms in total. The summed E-state index contributed by atoms with van der Waals surface area (Å²) in [6.07, 6.45) is 0.392. The Balaban J connectivity index is 3.03. The van der Waals surface area contributed by atoms with Gasteiger partial charge in [0.05, 0.1) is 0 Å². The van der Waals surface area contributed by atoms with Gasteiger partial charge in [0.25, 0.3) is 0 Å². The number of hydrogen-bond donors (Lipinski definition) is 1. The molecule has 1 aliphatic rings. The van der Waals surface area contributed by atoms with E-state index in [1.54, 1.807) is 0 Å². The molecule has 0 amide bonds. The second-order valence-electron chi connectivity index (χ2n) is 4.63. The van der Waals surface area contributed by atoms with Gasteiger partial charge < -0.3 is 19.1 Å². The Morgan fingerprint density at radius 1 is 1.38 bits per heavy atom. The van der Waals surface area contributed by atoms with Crippen LogP contribution in [-0.2, 0) is 13.6 Å². The summed E-state index contributed by atoms with van der Waals surface area (Å²) in [6, 6.07) is 0.153. The summed E-state index contributed by atoms with van der Waals surface area (Å²) in [5.74, 6) is -0.153. The molecule has 1 N–H and O–H groups in total. The van der Waals surface area contributed by atoms with Crippen LogP contribution in [0.15, 0.2) is 0 Å². The maximum atomic E-state index is 12.4. The molecule has 0 radical (unpaired) electrons. The molecule has 1 saturated heterocycles. The van der Waals surface area contributed by atoms with E-state index in [-0.39, 0.29) is 12.0 Å². The Bertz CT molecular complexity index is 291. The van der Waals surface area contributed by atoms with Crippen LogP contribution >= 0.6 is 7.60 Å². The Kier molecular flexibility index (Phi) is 4.19. The quantitative estimate of drug-likeness (QED) is 0.771. The van der Waals surface area contributed by atoms with Gasteiger partial charge in [0.1, 0.15) is 0 Å². The van der Waals surface area contributed by atoms with Crippen molar-refractivity contribution in [3.63, 3.8) is 0 Å². The van der Waals surface area contributed by atoms with Gasteiger partial charge in [-0.3, -0.25) is 4.57 Å². The highest BCUT2D eigenvalue weighted by molar-refractivity contribution is 7.55. The molecule has 0 aromatic rings. The average molecular weight is 251 g/mol. The Labute approximate surface area is 97.3 Å². The summed E-state index contributed by atoms with van der Waals surface area (Å²) in [4.78, 5) is 2.13. The lowest BCUT2D eigenvalue weighted by atomic mass is 9.91. The number of aliphatic hydroxyl groups is 1. The van der Waals surface area contributed by atoms with Crippen LogP contribution < -0.4 is 0 Å². The molecule has 1 aliphatic heterocycles.